The standard InChI is InChI=1S/C19H30N2O2/c1-23-19-9-5-2-6-15(19)14-20-16-10-12-21(13-11-16)17-7-3-4-8-18(17)22/h2,5-6,9,16-18,20,22H,3-4,7-8,10-14H2,1H3. The number of hydrogen-bond donors (Lipinski definition) is 2. The quantitative estimate of drug-likeness (QED) is 0.876. The van der Waals surface area contributed by atoms with Gasteiger partial charge in [0.2, 0.25) is 0 Å². The first kappa shape index (κ1) is 16.7. The minimum atomic E-state index is -0.109. The Labute approximate surface area is 139 Å². The highest BCUT2D eigenvalue weighted by molar-refractivity contribution is 5.33. The number of aliphatic hydroxyl groups is 1. The summed E-state index contributed by atoms with van der Waals surface area (Å²) in [7, 11) is 1.73. The smallest absolute Gasteiger partial charge is 0.123 e. The van der Waals surface area contributed by atoms with E-state index in [1.54, 1.807) is 7.11 Å². The van der Waals surface area contributed by atoms with Crippen molar-refractivity contribution >= 4 is 0 Å². The number of para-hydroxylation sites is 1. The molecule has 128 valence electrons. The fraction of sp³-hybridized carbons (Fsp3) is 0.684. The maximum absolute atomic E-state index is 10.2. The third-order valence-corrected chi connectivity index (χ3v) is 5.47. The molecule has 1 saturated carbocycles. The number of piperidine rings is 1. The van der Waals surface area contributed by atoms with Crippen LogP contribution in [0.25, 0.3) is 0 Å². The summed E-state index contributed by atoms with van der Waals surface area (Å²) in [5.74, 6) is 0.961. The van der Waals surface area contributed by atoms with Crippen molar-refractivity contribution in [2.75, 3.05) is 20.2 Å². The normalized spacial score (nSPS) is 27.0. The van der Waals surface area contributed by atoms with Gasteiger partial charge in [-0.15, -0.1) is 0 Å². The van der Waals surface area contributed by atoms with Gasteiger partial charge in [0.1, 0.15) is 5.75 Å². The summed E-state index contributed by atoms with van der Waals surface area (Å²) in [5, 5.41) is 13.9. The summed E-state index contributed by atoms with van der Waals surface area (Å²) in [6.07, 6.45) is 6.83. The Morgan fingerprint density at radius 3 is 2.61 bits per heavy atom. The van der Waals surface area contributed by atoms with Gasteiger partial charge in [0.15, 0.2) is 0 Å². The molecular formula is C19H30N2O2. The molecule has 4 nitrogen and oxygen atoms in total. The highest BCUT2D eigenvalue weighted by atomic mass is 16.5. The molecule has 1 heterocycles. The van der Waals surface area contributed by atoms with Crippen molar-refractivity contribution in [3.63, 3.8) is 0 Å². The second-order valence-electron chi connectivity index (χ2n) is 6.92. The highest BCUT2D eigenvalue weighted by Crippen LogP contribution is 2.26. The van der Waals surface area contributed by atoms with Crippen molar-refractivity contribution < 1.29 is 9.84 Å². The van der Waals surface area contributed by atoms with Crippen LogP contribution in [0, 0.1) is 0 Å². The van der Waals surface area contributed by atoms with E-state index in [1.165, 1.54) is 37.7 Å². The second-order valence-corrected chi connectivity index (χ2v) is 6.92. The molecule has 1 aromatic rings. The van der Waals surface area contributed by atoms with Crippen LogP contribution >= 0.6 is 0 Å². The van der Waals surface area contributed by atoms with Crippen LogP contribution in [0.1, 0.15) is 44.1 Å². The van der Waals surface area contributed by atoms with E-state index in [-0.39, 0.29) is 6.10 Å². The van der Waals surface area contributed by atoms with Crippen LogP contribution in [0.4, 0.5) is 0 Å². The van der Waals surface area contributed by atoms with E-state index >= 15 is 0 Å². The summed E-state index contributed by atoms with van der Waals surface area (Å²) in [4.78, 5) is 2.52. The summed E-state index contributed by atoms with van der Waals surface area (Å²) < 4.78 is 5.42. The number of rotatable bonds is 5. The lowest BCUT2D eigenvalue weighted by Crippen LogP contribution is -2.51. The number of ether oxygens (including phenoxy) is 1. The van der Waals surface area contributed by atoms with Crippen LogP contribution in [0.3, 0.4) is 0 Å². The molecule has 3 rings (SSSR count). The van der Waals surface area contributed by atoms with Crippen molar-refractivity contribution in [1.82, 2.24) is 10.2 Å². The van der Waals surface area contributed by atoms with Gasteiger partial charge in [0.25, 0.3) is 0 Å². The van der Waals surface area contributed by atoms with Crippen molar-refractivity contribution in [1.29, 1.82) is 0 Å². The summed E-state index contributed by atoms with van der Waals surface area (Å²) >= 11 is 0. The SMILES string of the molecule is COc1ccccc1CNC1CCN(C2CCCCC2O)CC1. The second kappa shape index (κ2) is 8.13. The largest absolute Gasteiger partial charge is 0.496 e. The highest BCUT2D eigenvalue weighted by Gasteiger charge is 2.31. The number of nitrogens with one attached hydrogen (secondary N) is 1. The number of aliphatic hydroxyl groups excluding tert-OH is 1. The van der Waals surface area contributed by atoms with Crippen LogP contribution < -0.4 is 10.1 Å². The topological polar surface area (TPSA) is 44.7 Å². The molecular weight excluding hydrogens is 288 g/mol. The first-order chi connectivity index (χ1) is 11.3. The van der Waals surface area contributed by atoms with E-state index in [0.717, 1.165) is 31.8 Å². The molecule has 1 aliphatic carbocycles. The van der Waals surface area contributed by atoms with Gasteiger partial charge in [0.05, 0.1) is 13.2 Å². The lowest BCUT2D eigenvalue weighted by molar-refractivity contribution is 0.00713. The van der Waals surface area contributed by atoms with Crippen LogP contribution in [-0.4, -0.2) is 48.4 Å². The molecule has 2 unspecified atom stereocenters. The molecule has 2 aliphatic rings. The molecule has 1 saturated heterocycles. The molecule has 1 aromatic carbocycles. The van der Waals surface area contributed by atoms with Crippen molar-refractivity contribution in [3.8, 4) is 5.75 Å². The molecule has 0 aromatic heterocycles. The first-order valence-electron chi connectivity index (χ1n) is 9.05. The Morgan fingerprint density at radius 1 is 1.13 bits per heavy atom. The Bertz CT molecular complexity index is 486. The van der Waals surface area contributed by atoms with E-state index in [1.807, 2.05) is 12.1 Å². The first-order valence-corrected chi connectivity index (χ1v) is 9.05. The molecule has 2 atom stereocenters. The van der Waals surface area contributed by atoms with E-state index in [0.29, 0.717) is 12.1 Å². The molecule has 0 bridgehead atoms. The fourth-order valence-electron chi connectivity index (χ4n) is 4.06. The van der Waals surface area contributed by atoms with E-state index in [2.05, 4.69) is 22.3 Å². The minimum absolute atomic E-state index is 0.109. The lowest BCUT2D eigenvalue weighted by atomic mass is 9.89. The Morgan fingerprint density at radius 2 is 1.87 bits per heavy atom. The zero-order valence-electron chi connectivity index (χ0n) is 14.2. The van der Waals surface area contributed by atoms with Crippen LogP contribution in [0.5, 0.6) is 5.75 Å². The average Bonchev–Trinajstić information content (AvgIpc) is 2.61. The predicted octanol–water partition coefficient (Wildman–Crippen LogP) is 2.55. The van der Waals surface area contributed by atoms with Crippen molar-refractivity contribution in [2.45, 2.75) is 63.3 Å². The third-order valence-electron chi connectivity index (χ3n) is 5.47. The Balaban J connectivity index is 1.46. The molecule has 0 amide bonds. The van der Waals surface area contributed by atoms with Gasteiger partial charge in [-0.2, -0.15) is 0 Å². The Hall–Kier alpha value is -1.10. The van der Waals surface area contributed by atoms with Gasteiger partial charge in [-0.25, -0.2) is 0 Å². The van der Waals surface area contributed by atoms with Gasteiger partial charge >= 0.3 is 0 Å². The fourth-order valence-corrected chi connectivity index (χ4v) is 4.06. The predicted molar refractivity (Wildman–Crippen MR) is 92.7 cm³/mol. The number of nitrogens with zero attached hydrogens (tertiary/aromatic N) is 1. The molecule has 0 radical (unpaired) electrons. The van der Waals surface area contributed by atoms with Gasteiger partial charge in [-0.1, -0.05) is 31.0 Å². The van der Waals surface area contributed by atoms with Gasteiger partial charge < -0.3 is 15.2 Å². The van der Waals surface area contributed by atoms with E-state index in [9.17, 15) is 5.11 Å². The van der Waals surface area contributed by atoms with Gasteiger partial charge in [-0.3, -0.25) is 4.90 Å². The van der Waals surface area contributed by atoms with Crippen LogP contribution in [-0.2, 0) is 6.54 Å². The molecule has 0 spiro atoms. The van der Waals surface area contributed by atoms with E-state index < -0.39 is 0 Å². The number of likely N-dealkylation sites (tertiary alicyclic amines) is 1. The van der Waals surface area contributed by atoms with Crippen LogP contribution in [0.2, 0.25) is 0 Å². The number of hydrogen-bond acceptors (Lipinski definition) is 4. The molecule has 2 fully saturated rings. The van der Waals surface area contributed by atoms with Crippen molar-refractivity contribution in [3.05, 3.63) is 29.8 Å². The molecule has 2 N–H and O–H groups in total. The number of benzene rings is 1. The summed E-state index contributed by atoms with van der Waals surface area (Å²) in [5.41, 5.74) is 1.22. The molecule has 4 heteroatoms. The zero-order valence-corrected chi connectivity index (χ0v) is 14.2. The molecule has 23 heavy (non-hydrogen) atoms. The zero-order chi connectivity index (χ0) is 16.1. The maximum atomic E-state index is 10.2. The lowest BCUT2D eigenvalue weighted by Gasteiger charge is -2.41. The molecule has 1 aliphatic heterocycles. The summed E-state index contributed by atoms with van der Waals surface area (Å²) in [6.45, 7) is 3.07. The van der Waals surface area contributed by atoms with E-state index in [4.69, 9.17) is 4.74 Å². The monoisotopic (exact) mass is 318 g/mol. The third kappa shape index (κ3) is 4.25. The van der Waals surface area contributed by atoms with Crippen LogP contribution in [0.15, 0.2) is 24.3 Å². The average molecular weight is 318 g/mol. The van der Waals surface area contributed by atoms with Gasteiger partial charge in [-0.05, 0) is 31.7 Å². The minimum Gasteiger partial charge on any atom is -0.496 e. The summed E-state index contributed by atoms with van der Waals surface area (Å²) in [6, 6.07) is 9.18. The maximum Gasteiger partial charge on any atom is 0.123 e. The number of methoxy groups -OCH3 is 1. The Kier molecular flexibility index (Phi) is 5.92. The van der Waals surface area contributed by atoms with Gasteiger partial charge in [0, 0.05) is 37.3 Å². The van der Waals surface area contributed by atoms with Crippen molar-refractivity contribution in [2.24, 2.45) is 0 Å².